The van der Waals surface area contributed by atoms with Gasteiger partial charge in [-0.1, -0.05) is 48.5 Å². The monoisotopic (exact) mass is 601 g/mol. The summed E-state index contributed by atoms with van der Waals surface area (Å²) >= 11 is 0. The van der Waals surface area contributed by atoms with Gasteiger partial charge in [0, 0.05) is 56.6 Å². The standard InChI is InChI=1S/C34H43N5O5/c1-25-22-30(31(26-10-4-2-5-11-26)39(25)28-12-6-3-7-13-28)33(42)38-20-19-37(34(43)44)24-29(38)23-36-17-14-27(15-18-36)32(41)35-16-8-9-21-40/h2-7,10-13,22,27,29,40H,8-9,14-21,23-24H2,1H3,(H,35,41)(H,43,44)/t29-/m1/s1. The Kier molecular flexibility index (Phi) is 10.3. The molecular formula is C34H43N5O5. The molecule has 10 nitrogen and oxygen atoms in total. The third kappa shape index (κ3) is 7.14. The fourth-order valence-corrected chi connectivity index (χ4v) is 6.47. The normalized spacial score (nSPS) is 17.9. The lowest BCUT2D eigenvalue weighted by Crippen LogP contribution is -2.60. The maximum atomic E-state index is 14.5. The molecule has 0 aliphatic carbocycles. The predicted octanol–water partition coefficient (Wildman–Crippen LogP) is 3.86. The Morgan fingerprint density at radius 1 is 0.909 bits per heavy atom. The molecule has 0 unspecified atom stereocenters. The van der Waals surface area contributed by atoms with Crippen molar-refractivity contribution in [1.29, 1.82) is 0 Å². The second kappa shape index (κ2) is 14.5. The van der Waals surface area contributed by atoms with Crippen LogP contribution in [0.15, 0.2) is 66.7 Å². The minimum absolute atomic E-state index is 0.0563. The Labute approximate surface area is 258 Å². The maximum Gasteiger partial charge on any atom is 0.407 e. The van der Waals surface area contributed by atoms with Crippen molar-refractivity contribution in [3.8, 4) is 16.9 Å². The van der Waals surface area contributed by atoms with Crippen LogP contribution in [0, 0.1) is 12.8 Å². The zero-order chi connectivity index (χ0) is 31.1. The van der Waals surface area contributed by atoms with Gasteiger partial charge in [0.15, 0.2) is 0 Å². The summed E-state index contributed by atoms with van der Waals surface area (Å²) < 4.78 is 2.12. The molecule has 2 aliphatic heterocycles. The van der Waals surface area contributed by atoms with Crippen molar-refractivity contribution in [3.05, 3.63) is 78.0 Å². The fraction of sp³-hybridized carbons (Fsp3) is 0.441. The number of piperazine rings is 1. The summed E-state index contributed by atoms with van der Waals surface area (Å²) in [5.41, 5.74) is 4.27. The highest BCUT2D eigenvalue weighted by Gasteiger charge is 2.37. The Hall–Kier alpha value is -4.15. The van der Waals surface area contributed by atoms with Crippen molar-refractivity contribution in [1.82, 2.24) is 24.6 Å². The van der Waals surface area contributed by atoms with E-state index in [0.29, 0.717) is 57.5 Å². The number of carbonyl (C=O) groups is 3. The van der Waals surface area contributed by atoms with Crippen LogP contribution in [0.25, 0.3) is 16.9 Å². The topological polar surface area (TPSA) is 118 Å². The molecule has 0 saturated carbocycles. The molecule has 2 saturated heterocycles. The second-order valence-electron chi connectivity index (χ2n) is 11.8. The zero-order valence-corrected chi connectivity index (χ0v) is 25.4. The van der Waals surface area contributed by atoms with E-state index in [1.165, 1.54) is 4.90 Å². The number of nitrogens with one attached hydrogen (secondary N) is 1. The smallest absolute Gasteiger partial charge is 0.407 e. The summed E-state index contributed by atoms with van der Waals surface area (Å²) in [6.45, 7) is 5.47. The number of nitrogens with zero attached hydrogens (tertiary/aromatic N) is 4. The number of benzene rings is 2. The van der Waals surface area contributed by atoms with Gasteiger partial charge in [0.25, 0.3) is 5.91 Å². The van der Waals surface area contributed by atoms with Crippen molar-refractivity contribution in [3.63, 3.8) is 0 Å². The van der Waals surface area contributed by atoms with E-state index in [-0.39, 0.29) is 43.5 Å². The molecule has 5 rings (SSSR count). The van der Waals surface area contributed by atoms with Gasteiger partial charge in [-0.3, -0.25) is 9.59 Å². The van der Waals surface area contributed by atoms with Gasteiger partial charge in [-0.05, 0) is 69.5 Å². The van der Waals surface area contributed by atoms with Crippen LogP contribution in [0.5, 0.6) is 0 Å². The number of aliphatic hydroxyl groups excluding tert-OH is 1. The largest absolute Gasteiger partial charge is 0.465 e. The van der Waals surface area contributed by atoms with Gasteiger partial charge in [0.2, 0.25) is 5.91 Å². The van der Waals surface area contributed by atoms with E-state index >= 15 is 0 Å². The van der Waals surface area contributed by atoms with Gasteiger partial charge in [-0.2, -0.15) is 0 Å². The van der Waals surface area contributed by atoms with Crippen molar-refractivity contribution < 1.29 is 24.6 Å². The van der Waals surface area contributed by atoms with E-state index in [1.807, 2.05) is 78.6 Å². The lowest BCUT2D eigenvalue weighted by Gasteiger charge is -2.43. The van der Waals surface area contributed by atoms with Crippen molar-refractivity contribution in [2.75, 3.05) is 52.4 Å². The Morgan fingerprint density at radius 3 is 2.25 bits per heavy atom. The van der Waals surface area contributed by atoms with Crippen LogP contribution in [0.1, 0.15) is 41.7 Å². The summed E-state index contributed by atoms with van der Waals surface area (Å²) in [6, 6.07) is 21.5. The molecule has 234 valence electrons. The number of rotatable bonds is 10. The third-order valence-electron chi connectivity index (χ3n) is 8.80. The van der Waals surface area contributed by atoms with Crippen molar-refractivity contribution in [2.45, 2.75) is 38.6 Å². The van der Waals surface area contributed by atoms with Crippen LogP contribution in [0.3, 0.4) is 0 Å². The maximum absolute atomic E-state index is 14.5. The van der Waals surface area contributed by atoms with E-state index in [9.17, 15) is 19.5 Å². The summed E-state index contributed by atoms with van der Waals surface area (Å²) in [5, 5.41) is 21.7. The first-order valence-electron chi connectivity index (χ1n) is 15.6. The van der Waals surface area contributed by atoms with E-state index in [2.05, 4.69) is 14.8 Å². The molecule has 0 radical (unpaired) electrons. The highest BCUT2D eigenvalue weighted by molar-refractivity contribution is 6.01. The van der Waals surface area contributed by atoms with Gasteiger partial charge in [-0.25, -0.2) is 4.79 Å². The second-order valence-corrected chi connectivity index (χ2v) is 11.8. The van der Waals surface area contributed by atoms with E-state index in [1.54, 1.807) is 0 Å². The number of aliphatic hydroxyl groups is 1. The first-order valence-corrected chi connectivity index (χ1v) is 15.6. The molecule has 44 heavy (non-hydrogen) atoms. The molecule has 3 heterocycles. The SMILES string of the molecule is Cc1cc(C(=O)N2CCN(C(=O)O)C[C@H]2CN2CCC(C(=O)NCCCCO)CC2)c(-c2ccccc2)n1-c1ccccc1. The minimum atomic E-state index is -0.977. The van der Waals surface area contributed by atoms with E-state index in [0.717, 1.165) is 29.1 Å². The molecule has 1 aromatic heterocycles. The van der Waals surface area contributed by atoms with Crippen LogP contribution in [-0.2, 0) is 4.79 Å². The lowest BCUT2D eigenvalue weighted by atomic mass is 9.95. The average Bonchev–Trinajstić information content (AvgIpc) is 3.40. The van der Waals surface area contributed by atoms with Crippen molar-refractivity contribution >= 4 is 17.9 Å². The number of unbranched alkanes of at least 4 members (excludes halogenated alkanes) is 1. The Morgan fingerprint density at radius 2 is 1.59 bits per heavy atom. The number of hydrogen-bond donors (Lipinski definition) is 3. The number of amides is 3. The lowest BCUT2D eigenvalue weighted by molar-refractivity contribution is -0.126. The summed E-state index contributed by atoms with van der Waals surface area (Å²) in [7, 11) is 0. The van der Waals surface area contributed by atoms with E-state index < -0.39 is 6.09 Å². The van der Waals surface area contributed by atoms with E-state index in [4.69, 9.17) is 5.11 Å². The fourth-order valence-electron chi connectivity index (χ4n) is 6.47. The van der Waals surface area contributed by atoms with Gasteiger partial charge >= 0.3 is 6.09 Å². The predicted molar refractivity (Wildman–Crippen MR) is 169 cm³/mol. The van der Waals surface area contributed by atoms with Crippen molar-refractivity contribution in [2.24, 2.45) is 5.92 Å². The molecule has 2 aromatic carbocycles. The number of hydrogen-bond acceptors (Lipinski definition) is 5. The van der Waals surface area contributed by atoms with Gasteiger partial charge in [-0.15, -0.1) is 0 Å². The Balaban J connectivity index is 1.36. The quantitative estimate of drug-likeness (QED) is 0.304. The number of aromatic nitrogens is 1. The number of para-hydroxylation sites is 1. The van der Waals surface area contributed by atoms with Gasteiger partial charge in [0.1, 0.15) is 0 Å². The number of likely N-dealkylation sites (tertiary alicyclic amines) is 1. The molecule has 2 fully saturated rings. The minimum Gasteiger partial charge on any atom is -0.465 e. The van der Waals surface area contributed by atoms with Crippen LogP contribution in [0.4, 0.5) is 4.79 Å². The summed E-state index contributed by atoms with van der Waals surface area (Å²) in [4.78, 5) is 44.6. The summed E-state index contributed by atoms with van der Waals surface area (Å²) in [6.07, 6.45) is 1.88. The number of carbonyl (C=O) groups excluding carboxylic acids is 2. The first-order chi connectivity index (χ1) is 21.4. The number of carboxylic acid groups (broad SMARTS) is 1. The van der Waals surface area contributed by atoms with Crippen LogP contribution in [-0.4, -0.2) is 106 Å². The molecule has 0 spiro atoms. The summed E-state index contributed by atoms with van der Waals surface area (Å²) in [5.74, 6) is -0.108. The molecular weight excluding hydrogens is 558 g/mol. The highest BCUT2D eigenvalue weighted by Crippen LogP contribution is 2.33. The molecule has 3 aromatic rings. The molecule has 2 aliphatic rings. The zero-order valence-electron chi connectivity index (χ0n) is 25.4. The molecule has 1 atom stereocenters. The molecule has 3 N–H and O–H groups in total. The van der Waals surface area contributed by atoms with Gasteiger partial charge in [0.05, 0.1) is 17.3 Å². The van der Waals surface area contributed by atoms with Crippen LogP contribution >= 0.6 is 0 Å². The molecule has 3 amide bonds. The number of aryl methyl sites for hydroxylation is 1. The highest BCUT2D eigenvalue weighted by atomic mass is 16.4. The first kappa shape index (κ1) is 31.3. The van der Waals surface area contributed by atoms with Crippen LogP contribution < -0.4 is 5.32 Å². The average molecular weight is 602 g/mol. The molecule has 0 bridgehead atoms. The van der Waals surface area contributed by atoms with Gasteiger partial charge < -0.3 is 34.8 Å². The molecule has 10 heteroatoms. The number of piperidine rings is 1. The third-order valence-corrected chi connectivity index (χ3v) is 8.80. The van der Waals surface area contributed by atoms with Crippen LogP contribution in [0.2, 0.25) is 0 Å². The Bertz CT molecular complexity index is 1420.